The van der Waals surface area contributed by atoms with E-state index in [2.05, 4.69) is 21.6 Å². The second-order valence-electron chi connectivity index (χ2n) is 8.42. The average Bonchev–Trinajstić information content (AvgIpc) is 3.16. The zero-order valence-electron chi connectivity index (χ0n) is 18.7. The number of hydrogen-bond donors (Lipinski definition) is 1. The van der Waals surface area contributed by atoms with Crippen LogP contribution in [-0.4, -0.2) is 52.7 Å². The van der Waals surface area contributed by atoms with Crippen molar-refractivity contribution in [3.63, 3.8) is 0 Å². The smallest absolute Gasteiger partial charge is 0.185 e. The summed E-state index contributed by atoms with van der Waals surface area (Å²) >= 11 is 0. The van der Waals surface area contributed by atoms with Gasteiger partial charge in [-0.1, -0.05) is 24.6 Å². The van der Waals surface area contributed by atoms with Crippen molar-refractivity contribution in [3.05, 3.63) is 71.9 Å². The normalized spacial score (nSPS) is 15.9. The minimum Gasteiger partial charge on any atom is -0.494 e. The number of piperidine rings is 1. The summed E-state index contributed by atoms with van der Waals surface area (Å²) in [5, 5.41) is 11.8. The molecule has 0 saturated carbocycles. The van der Waals surface area contributed by atoms with Crippen molar-refractivity contribution in [1.29, 1.82) is 0 Å². The molecule has 0 unspecified atom stereocenters. The Kier molecular flexibility index (Phi) is 7.40. The molecule has 0 radical (unpaired) electrons. The number of carbonyl (C=O) groups excluding carboxylic acids is 1. The lowest BCUT2D eigenvalue weighted by Gasteiger charge is -2.28. The van der Waals surface area contributed by atoms with E-state index in [0.717, 1.165) is 35.3 Å². The fourth-order valence-electron chi connectivity index (χ4n) is 4.43. The zero-order chi connectivity index (χ0) is 22.3. The van der Waals surface area contributed by atoms with Gasteiger partial charge in [0.05, 0.1) is 12.7 Å². The molecule has 5 nitrogen and oxygen atoms in total. The molecule has 1 fully saturated rings. The molecule has 3 aromatic rings. The van der Waals surface area contributed by atoms with E-state index in [0.29, 0.717) is 25.3 Å². The topological polar surface area (TPSA) is 54.7 Å². The second kappa shape index (κ2) is 10.6. The van der Waals surface area contributed by atoms with Crippen molar-refractivity contribution in [1.82, 2.24) is 9.47 Å². The van der Waals surface area contributed by atoms with Gasteiger partial charge in [-0.3, -0.25) is 4.79 Å². The van der Waals surface area contributed by atoms with Crippen LogP contribution in [-0.2, 0) is 6.54 Å². The van der Waals surface area contributed by atoms with Gasteiger partial charge in [-0.05, 0) is 75.3 Å². The van der Waals surface area contributed by atoms with E-state index in [4.69, 9.17) is 4.74 Å². The fourth-order valence-corrected chi connectivity index (χ4v) is 4.43. The van der Waals surface area contributed by atoms with Gasteiger partial charge in [0.1, 0.15) is 5.75 Å². The molecule has 168 valence electrons. The number of fused-ring (bicyclic) bond motifs is 1. The Hall–Kier alpha value is -2.89. The number of aliphatic hydroxyl groups is 1. The number of β-amino-alcohol motifs (C(OH)–C–C–N with tert-alkyl or cyclic N) is 1. The zero-order valence-corrected chi connectivity index (χ0v) is 18.7. The quantitative estimate of drug-likeness (QED) is 0.390. The summed E-state index contributed by atoms with van der Waals surface area (Å²) < 4.78 is 7.55. The number of rotatable bonds is 9. The van der Waals surface area contributed by atoms with Crippen LogP contribution in [0.3, 0.4) is 0 Å². The van der Waals surface area contributed by atoms with Gasteiger partial charge < -0.3 is 19.3 Å². The van der Waals surface area contributed by atoms with Gasteiger partial charge in [0, 0.05) is 41.3 Å². The Morgan fingerprint density at radius 2 is 1.81 bits per heavy atom. The SMILES string of the molecule is CCOc1ccc(C(=O)/C=C/c2cn(C[C@H](O)CN3CCCCC3)c3ccccc23)cc1. The molecule has 5 heteroatoms. The van der Waals surface area contributed by atoms with E-state index in [1.807, 2.05) is 43.5 Å². The Labute approximate surface area is 189 Å². The van der Waals surface area contributed by atoms with E-state index in [1.54, 1.807) is 18.2 Å². The number of aliphatic hydroxyl groups excluding tert-OH is 1. The van der Waals surface area contributed by atoms with Crippen molar-refractivity contribution >= 4 is 22.8 Å². The first-order chi connectivity index (χ1) is 15.6. The molecule has 2 heterocycles. The molecule has 2 aromatic carbocycles. The predicted octanol–water partition coefficient (Wildman–Crippen LogP) is 4.78. The van der Waals surface area contributed by atoms with Crippen molar-refractivity contribution < 1.29 is 14.6 Å². The van der Waals surface area contributed by atoms with Crippen LogP contribution in [0, 0.1) is 0 Å². The Balaban J connectivity index is 1.48. The first-order valence-electron chi connectivity index (χ1n) is 11.6. The Morgan fingerprint density at radius 3 is 2.56 bits per heavy atom. The molecular weight excluding hydrogens is 400 g/mol. The minimum atomic E-state index is -0.425. The summed E-state index contributed by atoms with van der Waals surface area (Å²) in [6.45, 7) is 5.93. The second-order valence-corrected chi connectivity index (χ2v) is 8.42. The third-order valence-electron chi connectivity index (χ3n) is 6.01. The summed E-state index contributed by atoms with van der Waals surface area (Å²) in [7, 11) is 0. The highest BCUT2D eigenvalue weighted by atomic mass is 16.5. The molecule has 1 aliphatic heterocycles. The van der Waals surface area contributed by atoms with E-state index in [-0.39, 0.29) is 5.78 Å². The number of ketones is 1. The predicted molar refractivity (Wildman–Crippen MR) is 129 cm³/mol. The molecule has 32 heavy (non-hydrogen) atoms. The maximum absolute atomic E-state index is 12.6. The molecule has 1 aliphatic rings. The molecule has 1 atom stereocenters. The number of ether oxygens (including phenoxy) is 1. The fraction of sp³-hybridized carbons (Fsp3) is 0.370. The number of likely N-dealkylation sites (tertiary alicyclic amines) is 1. The standard InChI is InChI=1S/C27H32N2O3/c1-2-32-24-13-10-21(11-14-24)27(31)15-12-22-18-29(26-9-5-4-8-25(22)26)20-23(30)19-28-16-6-3-7-17-28/h4-5,8-15,18,23,30H,2-3,6-7,16-17,19-20H2,1H3/b15-12+/t23-/m1/s1. The number of hydrogen-bond acceptors (Lipinski definition) is 4. The van der Waals surface area contributed by atoms with Gasteiger partial charge in [0.15, 0.2) is 5.78 Å². The summed E-state index contributed by atoms with van der Waals surface area (Å²) in [6, 6.07) is 15.4. The van der Waals surface area contributed by atoms with Crippen molar-refractivity contribution in [2.24, 2.45) is 0 Å². The number of nitrogens with zero attached hydrogens (tertiary/aromatic N) is 2. The van der Waals surface area contributed by atoms with Crippen LogP contribution in [0.2, 0.25) is 0 Å². The maximum atomic E-state index is 12.6. The number of aromatic nitrogens is 1. The van der Waals surface area contributed by atoms with Crippen LogP contribution in [0.5, 0.6) is 5.75 Å². The third kappa shape index (κ3) is 5.47. The van der Waals surface area contributed by atoms with Crippen LogP contribution in [0.15, 0.2) is 60.8 Å². The van der Waals surface area contributed by atoms with E-state index >= 15 is 0 Å². The van der Waals surface area contributed by atoms with Crippen LogP contribution >= 0.6 is 0 Å². The maximum Gasteiger partial charge on any atom is 0.185 e. The number of para-hydroxylation sites is 1. The van der Waals surface area contributed by atoms with Crippen LogP contribution < -0.4 is 4.74 Å². The number of carbonyl (C=O) groups is 1. The van der Waals surface area contributed by atoms with E-state index in [1.165, 1.54) is 19.3 Å². The van der Waals surface area contributed by atoms with Gasteiger partial charge >= 0.3 is 0 Å². The first kappa shape index (κ1) is 22.3. The minimum absolute atomic E-state index is 0.0463. The van der Waals surface area contributed by atoms with Gasteiger partial charge in [-0.25, -0.2) is 0 Å². The lowest BCUT2D eigenvalue weighted by molar-refractivity contribution is 0.0892. The highest BCUT2D eigenvalue weighted by molar-refractivity contribution is 6.07. The number of benzene rings is 2. The highest BCUT2D eigenvalue weighted by Gasteiger charge is 2.16. The molecule has 4 rings (SSSR count). The van der Waals surface area contributed by atoms with Gasteiger partial charge in [0.25, 0.3) is 0 Å². The van der Waals surface area contributed by atoms with Crippen molar-refractivity contribution in [3.8, 4) is 5.75 Å². The van der Waals surface area contributed by atoms with E-state index < -0.39 is 6.10 Å². The van der Waals surface area contributed by atoms with Crippen LogP contribution in [0.1, 0.15) is 42.1 Å². The molecule has 0 amide bonds. The number of allylic oxidation sites excluding steroid dienone is 1. The Morgan fingerprint density at radius 1 is 1.06 bits per heavy atom. The third-order valence-corrected chi connectivity index (χ3v) is 6.01. The summed E-state index contributed by atoms with van der Waals surface area (Å²) in [4.78, 5) is 15.0. The van der Waals surface area contributed by atoms with Crippen LogP contribution in [0.25, 0.3) is 17.0 Å². The van der Waals surface area contributed by atoms with Gasteiger partial charge in [-0.2, -0.15) is 0 Å². The van der Waals surface area contributed by atoms with Crippen molar-refractivity contribution in [2.45, 2.75) is 38.8 Å². The average molecular weight is 433 g/mol. The molecule has 0 bridgehead atoms. The van der Waals surface area contributed by atoms with Gasteiger partial charge in [0.2, 0.25) is 0 Å². The summed E-state index contributed by atoms with van der Waals surface area (Å²) in [6.07, 6.45) is 8.82. The molecule has 0 spiro atoms. The lowest BCUT2D eigenvalue weighted by atomic mass is 10.1. The summed E-state index contributed by atoms with van der Waals surface area (Å²) in [5.41, 5.74) is 2.67. The largest absolute Gasteiger partial charge is 0.494 e. The van der Waals surface area contributed by atoms with Crippen molar-refractivity contribution in [2.75, 3.05) is 26.2 Å². The van der Waals surface area contributed by atoms with Gasteiger partial charge in [-0.15, -0.1) is 0 Å². The first-order valence-corrected chi connectivity index (χ1v) is 11.6. The molecule has 1 saturated heterocycles. The Bertz CT molecular complexity index is 1060. The van der Waals surface area contributed by atoms with Crippen LogP contribution in [0.4, 0.5) is 0 Å². The molecule has 0 aliphatic carbocycles. The molecule has 1 N–H and O–H groups in total. The van der Waals surface area contributed by atoms with E-state index in [9.17, 15) is 9.90 Å². The molecule has 1 aromatic heterocycles. The highest BCUT2D eigenvalue weighted by Crippen LogP contribution is 2.24. The summed E-state index contributed by atoms with van der Waals surface area (Å²) in [5.74, 6) is 0.717. The molecular formula is C27H32N2O3. The monoisotopic (exact) mass is 432 g/mol. The lowest BCUT2D eigenvalue weighted by Crippen LogP contribution is -2.37.